The summed E-state index contributed by atoms with van der Waals surface area (Å²) in [4.78, 5) is 26.7. The first-order valence-electron chi connectivity index (χ1n) is 11.5. The SMILES string of the molecule is N#CCCN(C(=O)CCC(=O)Nc1cccc(COCC2CCCCO2)c1)c1ccccc1. The van der Waals surface area contributed by atoms with Gasteiger partial charge in [0.1, 0.15) is 0 Å². The van der Waals surface area contributed by atoms with Crippen molar-refractivity contribution in [2.24, 2.45) is 0 Å². The third-order valence-corrected chi connectivity index (χ3v) is 5.44. The second-order valence-electron chi connectivity index (χ2n) is 8.04. The Kier molecular flexibility index (Phi) is 9.89. The maximum Gasteiger partial charge on any atom is 0.227 e. The van der Waals surface area contributed by atoms with E-state index in [9.17, 15) is 9.59 Å². The maximum absolute atomic E-state index is 12.7. The van der Waals surface area contributed by atoms with E-state index in [0.717, 1.165) is 30.7 Å². The molecule has 1 aliphatic rings. The predicted octanol–water partition coefficient (Wildman–Crippen LogP) is 4.44. The summed E-state index contributed by atoms with van der Waals surface area (Å²) < 4.78 is 11.5. The molecule has 0 aliphatic carbocycles. The van der Waals surface area contributed by atoms with Gasteiger partial charge in [0.25, 0.3) is 0 Å². The number of rotatable bonds is 11. The van der Waals surface area contributed by atoms with E-state index in [-0.39, 0.29) is 37.2 Å². The van der Waals surface area contributed by atoms with Gasteiger partial charge in [0.2, 0.25) is 11.8 Å². The van der Waals surface area contributed by atoms with E-state index >= 15 is 0 Å². The summed E-state index contributed by atoms with van der Waals surface area (Å²) in [5.74, 6) is -0.413. The Morgan fingerprint density at radius 3 is 2.73 bits per heavy atom. The molecule has 0 saturated carbocycles. The standard InChI is InChI=1S/C26H31N3O4/c27-15-7-16-29(23-10-2-1-3-11-23)26(31)14-13-25(30)28-22-9-6-8-21(18-22)19-32-20-24-12-4-5-17-33-24/h1-3,6,8-11,18,24H,4-5,7,12-14,16-17,19-20H2,(H,28,30). The molecular weight excluding hydrogens is 418 g/mol. The van der Waals surface area contributed by atoms with Crippen LogP contribution in [-0.2, 0) is 25.7 Å². The fourth-order valence-electron chi connectivity index (χ4n) is 3.73. The van der Waals surface area contributed by atoms with Gasteiger partial charge in [0, 0.05) is 37.4 Å². The first kappa shape index (κ1) is 24.4. The summed E-state index contributed by atoms with van der Waals surface area (Å²) in [5.41, 5.74) is 2.36. The van der Waals surface area contributed by atoms with Crippen LogP contribution >= 0.6 is 0 Å². The second-order valence-corrected chi connectivity index (χ2v) is 8.04. The van der Waals surface area contributed by atoms with Gasteiger partial charge in [-0.1, -0.05) is 30.3 Å². The zero-order chi connectivity index (χ0) is 23.3. The normalized spacial score (nSPS) is 15.4. The van der Waals surface area contributed by atoms with Crippen molar-refractivity contribution in [2.75, 3.05) is 30.0 Å². The van der Waals surface area contributed by atoms with Gasteiger partial charge < -0.3 is 19.7 Å². The monoisotopic (exact) mass is 449 g/mol. The minimum absolute atomic E-state index is 0.0640. The number of hydrogen-bond acceptors (Lipinski definition) is 5. The lowest BCUT2D eigenvalue weighted by atomic mass is 10.1. The first-order valence-corrected chi connectivity index (χ1v) is 11.5. The Balaban J connectivity index is 1.46. The van der Waals surface area contributed by atoms with Gasteiger partial charge in [-0.2, -0.15) is 5.26 Å². The van der Waals surface area contributed by atoms with Crippen LogP contribution in [0, 0.1) is 11.3 Å². The maximum atomic E-state index is 12.7. The first-order chi connectivity index (χ1) is 16.2. The molecule has 2 amide bonds. The molecule has 1 N–H and O–H groups in total. The molecule has 1 aliphatic heterocycles. The number of carbonyl (C=O) groups excluding carboxylic acids is 2. The molecule has 0 spiro atoms. The largest absolute Gasteiger partial charge is 0.376 e. The highest BCUT2D eigenvalue weighted by Gasteiger charge is 2.17. The smallest absolute Gasteiger partial charge is 0.227 e. The molecule has 1 heterocycles. The number of ether oxygens (including phenoxy) is 2. The molecule has 1 fully saturated rings. The number of hydrogen-bond donors (Lipinski definition) is 1. The predicted molar refractivity (Wildman–Crippen MR) is 127 cm³/mol. The number of benzene rings is 2. The van der Waals surface area contributed by atoms with Gasteiger partial charge in [0.05, 0.1) is 31.8 Å². The van der Waals surface area contributed by atoms with Crippen LogP contribution in [0.25, 0.3) is 0 Å². The Bertz CT molecular complexity index is 936. The number of anilines is 2. The molecule has 2 aromatic rings. The lowest BCUT2D eigenvalue weighted by molar-refractivity contribution is -0.122. The summed E-state index contributed by atoms with van der Waals surface area (Å²) in [7, 11) is 0. The summed E-state index contributed by atoms with van der Waals surface area (Å²) in [6.45, 7) is 2.13. The van der Waals surface area contributed by atoms with Crippen molar-refractivity contribution >= 4 is 23.2 Å². The minimum atomic E-state index is -0.231. The highest BCUT2D eigenvalue weighted by Crippen LogP contribution is 2.17. The fraction of sp³-hybridized carbons (Fsp3) is 0.423. The van der Waals surface area contributed by atoms with Crippen molar-refractivity contribution in [1.29, 1.82) is 5.26 Å². The van der Waals surface area contributed by atoms with Crippen LogP contribution in [-0.4, -0.2) is 37.7 Å². The summed E-state index contributed by atoms with van der Waals surface area (Å²) in [5, 5.41) is 11.8. The second kappa shape index (κ2) is 13.4. The van der Waals surface area contributed by atoms with Crippen molar-refractivity contribution < 1.29 is 19.1 Å². The van der Waals surface area contributed by atoms with E-state index in [0.29, 0.717) is 25.4 Å². The van der Waals surface area contributed by atoms with Crippen LogP contribution in [0.2, 0.25) is 0 Å². The Hall–Kier alpha value is -3.21. The zero-order valence-corrected chi connectivity index (χ0v) is 18.9. The van der Waals surface area contributed by atoms with E-state index < -0.39 is 0 Å². The van der Waals surface area contributed by atoms with E-state index in [2.05, 4.69) is 11.4 Å². The molecule has 0 bridgehead atoms. The van der Waals surface area contributed by atoms with Crippen molar-refractivity contribution in [1.82, 2.24) is 0 Å². The molecular formula is C26H31N3O4. The van der Waals surface area contributed by atoms with Crippen LogP contribution in [0.15, 0.2) is 54.6 Å². The molecule has 1 unspecified atom stereocenters. The van der Waals surface area contributed by atoms with Crippen LogP contribution in [0.1, 0.15) is 44.1 Å². The van der Waals surface area contributed by atoms with E-state index in [4.69, 9.17) is 14.7 Å². The van der Waals surface area contributed by atoms with Gasteiger partial charge >= 0.3 is 0 Å². The Labute approximate surface area is 195 Å². The highest BCUT2D eigenvalue weighted by atomic mass is 16.5. The summed E-state index contributed by atoms with van der Waals surface area (Å²) >= 11 is 0. The van der Waals surface area contributed by atoms with E-state index in [1.54, 1.807) is 4.90 Å². The lowest BCUT2D eigenvalue weighted by Crippen LogP contribution is -2.32. The molecule has 3 rings (SSSR count). The number of para-hydroxylation sites is 1. The third-order valence-electron chi connectivity index (χ3n) is 5.44. The number of nitrogens with one attached hydrogen (secondary N) is 1. The molecule has 2 aromatic carbocycles. The number of nitriles is 1. The van der Waals surface area contributed by atoms with Crippen LogP contribution < -0.4 is 10.2 Å². The molecule has 0 radical (unpaired) electrons. The highest BCUT2D eigenvalue weighted by molar-refractivity contribution is 5.98. The summed E-state index contributed by atoms with van der Waals surface area (Å²) in [6, 6.07) is 18.8. The van der Waals surface area contributed by atoms with Crippen molar-refractivity contribution in [3.63, 3.8) is 0 Å². The number of carbonyl (C=O) groups is 2. The van der Waals surface area contributed by atoms with Gasteiger partial charge in [-0.05, 0) is 49.1 Å². The van der Waals surface area contributed by atoms with Crippen LogP contribution in [0.4, 0.5) is 11.4 Å². The molecule has 174 valence electrons. The van der Waals surface area contributed by atoms with Gasteiger partial charge in [-0.25, -0.2) is 0 Å². The third kappa shape index (κ3) is 8.33. The minimum Gasteiger partial charge on any atom is -0.376 e. The number of nitrogens with zero attached hydrogens (tertiary/aromatic N) is 2. The van der Waals surface area contributed by atoms with Crippen molar-refractivity contribution in [3.8, 4) is 6.07 Å². The molecule has 1 saturated heterocycles. The van der Waals surface area contributed by atoms with Crippen LogP contribution in [0.3, 0.4) is 0 Å². The molecule has 7 nitrogen and oxygen atoms in total. The van der Waals surface area contributed by atoms with E-state index in [1.165, 1.54) is 6.42 Å². The lowest BCUT2D eigenvalue weighted by Gasteiger charge is -2.22. The molecule has 7 heteroatoms. The molecule has 0 aromatic heterocycles. The Morgan fingerprint density at radius 2 is 1.97 bits per heavy atom. The number of amides is 2. The zero-order valence-electron chi connectivity index (χ0n) is 18.9. The van der Waals surface area contributed by atoms with Crippen molar-refractivity contribution in [2.45, 2.75) is 51.2 Å². The van der Waals surface area contributed by atoms with E-state index in [1.807, 2.05) is 54.6 Å². The quantitative estimate of drug-likeness (QED) is 0.548. The van der Waals surface area contributed by atoms with Gasteiger partial charge in [-0.15, -0.1) is 0 Å². The topological polar surface area (TPSA) is 91.7 Å². The molecule has 1 atom stereocenters. The average Bonchev–Trinajstić information content (AvgIpc) is 2.84. The Morgan fingerprint density at radius 1 is 1.12 bits per heavy atom. The average molecular weight is 450 g/mol. The van der Waals surface area contributed by atoms with Gasteiger partial charge in [-0.3, -0.25) is 9.59 Å². The van der Waals surface area contributed by atoms with Crippen molar-refractivity contribution in [3.05, 3.63) is 60.2 Å². The summed E-state index contributed by atoms with van der Waals surface area (Å²) in [6.07, 6.45) is 3.86. The molecule has 33 heavy (non-hydrogen) atoms. The van der Waals surface area contributed by atoms with Gasteiger partial charge in [0.15, 0.2) is 0 Å². The fourth-order valence-corrected chi connectivity index (χ4v) is 3.73. The van der Waals surface area contributed by atoms with Crippen LogP contribution in [0.5, 0.6) is 0 Å².